The van der Waals surface area contributed by atoms with Gasteiger partial charge in [-0.1, -0.05) is 158 Å². The Morgan fingerprint density at radius 3 is 1.53 bits per heavy atom. The lowest BCUT2D eigenvalue weighted by molar-refractivity contribution is 0.592. The largest absolute Gasteiger partial charge is 0.311 e. The van der Waals surface area contributed by atoms with Crippen molar-refractivity contribution in [1.82, 2.24) is 4.98 Å². The van der Waals surface area contributed by atoms with Crippen LogP contribution in [0.5, 0.6) is 0 Å². The van der Waals surface area contributed by atoms with E-state index in [-0.39, 0.29) is 0 Å². The molecule has 0 saturated heterocycles. The summed E-state index contributed by atoms with van der Waals surface area (Å²) in [6.45, 7) is 0. The average Bonchev–Trinajstić information content (AvgIpc) is 3.21. The Kier molecular flexibility index (Phi) is 7.76. The highest BCUT2D eigenvalue weighted by atomic mass is 31.2. The molecule has 0 aliphatic rings. The molecule has 1 aromatic heterocycles. The second-order valence-electron chi connectivity index (χ2n) is 12.7. The maximum absolute atomic E-state index is 15.8. The van der Waals surface area contributed by atoms with E-state index >= 15 is 4.57 Å². The lowest BCUT2D eigenvalue weighted by Crippen LogP contribution is -2.26. The average molecular weight is 673 g/mol. The second kappa shape index (κ2) is 12.9. The van der Waals surface area contributed by atoms with Crippen LogP contribution in [0, 0.1) is 0 Å². The Hall–Kier alpha value is -6.28. The molecule has 242 valence electrons. The third-order valence-corrected chi connectivity index (χ3v) is 12.8. The number of aromatic nitrogens is 1. The number of hydrogen-bond acceptors (Lipinski definition) is 3. The van der Waals surface area contributed by atoms with Crippen molar-refractivity contribution in [2.45, 2.75) is 0 Å². The van der Waals surface area contributed by atoms with Crippen LogP contribution in [0.2, 0.25) is 0 Å². The highest BCUT2D eigenvalue weighted by molar-refractivity contribution is 7.85. The van der Waals surface area contributed by atoms with Gasteiger partial charge >= 0.3 is 0 Å². The molecule has 9 rings (SSSR count). The molecule has 4 heteroatoms. The van der Waals surface area contributed by atoms with E-state index < -0.39 is 7.14 Å². The molecule has 0 saturated carbocycles. The smallest absolute Gasteiger partial charge is 0.173 e. The summed E-state index contributed by atoms with van der Waals surface area (Å²) in [5.74, 6) is 0. The van der Waals surface area contributed by atoms with Crippen molar-refractivity contribution in [3.63, 3.8) is 0 Å². The molecule has 3 nitrogen and oxygen atoms in total. The highest BCUT2D eigenvalue weighted by Gasteiger charge is 2.32. The second-order valence-corrected chi connectivity index (χ2v) is 15.4. The van der Waals surface area contributed by atoms with Gasteiger partial charge in [0.1, 0.15) is 0 Å². The van der Waals surface area contributed by atoms with Gasteiger partial charge in [-0.25, -0.2) is 4.98 Å². The van der Waals surface area contributed by atoms with Crippen molar-refractivity contribution < 1.29 is 4.57 Å². The lowest BCUT2D eigenvalue weighted by Gasteiger charge is -2.25. The van der Waals surface area contributed by atoms with Crippen molar-refractivity contribution in [1.29, 1.82) is 0 Å². The molecule has 0 fully saturated rings. The predicted molar refractivity (Wildman–Crippen MR) is 216 cm³/mol. The van der Waals surface area contributed by atoms with Gasteiger partial charge in [-0.15, -0.1) is 0 Å². The Labute approximate surface area is 297 Å². The quantitative estimate of drug-likeness (QED) is 0.125. The summed E-state index contributed by atoms with van der Waals surface area (Å²) in [4.78, 5) is 7.76. The van der Waals surface area contributed by atoms with Crippen LogP contribution in [-0.4, -0.2) is 4.98 Å². The lowest BCUT2D eigenvalue weighted by atomic mass is 9.95. The molecule has 0 aliphatic heterocycles. The monoisotopic (exact) mass is 672 g/mol. The normalized spacial score (nSPS) is 11.6. The van der Waals surface area contributed by atoms with Crippen LogP contribution >= 0.6 is 7.14 Å². The minimum Gasteiger partial charge on any atom is -0.311 e. The summed E-state index contributed by atoms with van der Waals surface area (Å²) in [5, 5.41) is 7.78. The van der Waals surface area contributed by atoms with E-state index in [9.17, 15) is 0 Å². The molecule has 9 aromatic rings. The van der Waals surface area contributed by atoms with Crippen molar-refractivity contribution in [2.75, 3.05) is 4.90 Å². The maximum atomic E-state index is 15.8. The van der Waals surface area contributed by atoms with Crippen molar-refractivity contribution in [3.8, 4) is 11.3 Å². The molecule has 0 bridgehead atoms. The van der Waals surface area contributed by atoms with Gasteiger partial charge in [0.15, 0.2) is 7.14 Å². The summed E-state index contributed by atoms with van der Waals surface area (Å²) in [6.07, 6.45) is 0. The van der Waals surface area contributed by atoms with Gasteiger partial charge in [0.25, 0.3) is 0 Å². The van der Waals surface area contributed by atoms with Crippen LogP contribution in [0.3, 0.4) is 0 Å². The van der Waals surface area contributed by atoms with Crippen LogP contribution in [-0.2, 0) is 4.57 Å². The predicted octanol–water partition coefficient (Wildman–Crippen LogP) is 11.3. The van der Waals surface area contributed by atoms with E-state index in [0.29, 0.717) is 0 Å². The molecule has 0 unspecified atom stereocenters. The zero-order valence-corrected chi connectivity index (χ0v) is 28.7. The molecule has 0 amide bonds. The van der Waals surface area contributed by atoms with Gasteiger partial charge in [0, 0.05) is 54.7 Å². The van der Waals surface area contributed by atoms with Crippen LogP contribution in [0.25, 0.3) is 43.7 Å². The van der Waals surface area contributed by atoms with Crippen LogP contribution in [0.1, 0.15) is 0 Å². The van der Waals surface area contributed by atoms with Crippen LogP contribution < -0.4 is 20.8 Å². The molecule has 0 aliphatic carbocycles. The number of nitrogens with zero attached hydrogens (tertiary/aromatic N) is 2. The molecule has 51 heavy (non-hydrogen) atoms. The number of benzene rings is 8. The van der Waals surface area contributed by atoms with Gasteiger partial charge in [-0.2, -0.15) is 0 Å². The third kappa shape index (κ3) is 5.31. The molecule has 1 heterocycles. The number of fused-ring (bicyclic) bond motifs is 5. The van der Waals surface area contributed by atoms with E-state index in [2.05, 4.69) is 120 Å². The molecule has 8 aromatic carbocycles. The fourth-order valence-corrected chi connectivity index (χ4v) is 10.1. The Balaban J connectivity index is 1.31. The van der Waals surface area contributed by atoms with E-state index in [1.807, 2.05) is 84.9 Å². The molecular weight excluding hydrogens is 640 g/mol. The molecule has 0 N–H and O–H groups in total. The number of rotatable bonds is 7. The van der Waals surface area contributed by atoms with Gasteiger partial charge in [0.05, 0.1) is 11.2 Å². The Bertz CT molecular complexity index is 2610. The summed E-state index contributed by atoms with van der Waals surface area (Å²) in [6, 6.07) is 68.3. The first-order valence-corrected chi connectivity index (χ1v) is 18.9. The first kappa shape index (κ1) is 30.8. The van der Waals surface area contributed by atoms with Crippen molar-refractivity contribution in [3.05, 3.63) is 200 Å². The van der Waals surface area contributed by atoms with E-state index in [1.54, 1.807) is 0 Å². The SMILES string of the molecule is O=P(c1ccccc1)(c1ccccc1)c1cccc2c1nc(-c1ccc(N(c3ccccc3)c3ccccc3)cc1)c1ccc3ccccc3c12. The highest BCUT2D eigenvalue weighted by Crippen LogP contribution is 2.46. The van der Waals surface area contributed by atoms with E-state index in [1.165, 1.54) is 0 Å². The zero-order chi connectivity index (χ0) is 34.2. The van der Waals surface area contributed by atoms with Gasteiger partial charge in [-0.3, -0.25) is 0 Å². The van der Waals surface area contributed by atoms with Crippen LogP contribution in [0.4, 0.5) is 17.1 Å². The first-order valence-electron chi connectivity index (χ1n) is 17.2. The minimum atomic E-state index is -3.33. The fraction of sp³-hybridized carbons (Fsp3) is 0. The molecular formula is C47H33N2OP. The third-order valence-electron chi connectivity index (χ3n) is 9.70. The Morgan fingerprint density at radius 2 is 0.922 bits per heavy atom. The Morgan fingerprint density at radius 1 is 0.412 bits per heavy atom. The molecule has 0 radical (unpaired) electrons. The van der Waals surface area contributed by atoms with Gasteiger partial charge < -0.3 is 9.46 Å². The molecule has 0 spiro atoms. The number of para-hydroxylation sites is 3. The topological polar surface area (TPSA) is 33.2 Å². The summed E-state index contributed by atoms with van der Waals surface area (Å²) >= 11 is 0. The number of pyridine rings is 1. The van der Waals surface area contributed by atoms with Gasteiger partial charge in [0.2, 0.25) is 0 Å². The van der Waals surface area contributed by atoms with Gasteiger partial charge in [-0.05, 0) is 53.2 Å². The molecule has 0 atom stereocenters. The maximum Gasteiger partial charge on any atom is 0.173 e. The zero-order valence-electron chi connectivity index (χ0n) is 27.8. The van der Waals surface area contributed by atoms with E-state index in [0.717, 1.165) is 76.7 Å². The number of hydrogen-bond donors (Lipinski definition) is 0. The minimum absolute atomic E-state index is 0.740. The fourth-order valence-electron chi connectivity index (χ4n) is 7.33. The van der Waals surface area contributed by atoms with Crippen molar-refractivity contribution >= 4 is 72.6 Å². The standard InChI is InChI=1S/C47H33N2OP/c50-51(39-21-9-3-10-22-39,40-23-11-4-12-24-40)44-27-15-26-42-45-41-25-14-13-16-34(41)30-33-43(45)46(48-47(42)44)35-28-31-38(32-29-35)49(36-17-5-1-6-18-36)37-19-7-2-8-20-37/h1-33H. The summed E-state index contributed by atoms with van der Waals surface area (Å²) in [7, 11) is -3.33. The first-order chi connectivity index (χ1) is 25.2. The van der Waals surface area contributed by atoms with E-state index in [4.69, 9.17) is 4.98 Å². The van der Waals surface area contributed by atoms with Crippen molar-refractivity contribution in [2.24, 2.45) is 0 Å². The summed E-state index contributed by atoms with van der Waals surface area (Å²) in [5.41, 5.74) is 5.82. The number of anilines is 3. The summed E-state index contributed by atoms with van der Waals surface area (Å²) < 4.78 is 15.8. The van der Waals surface area contributed by atoms with Crippen LogP contribution in [0.15, 0.2) is 200 Å².